The largest absolute Gasteiger partial charge is 0.481 e. The lowest BCUT2D eigenvalue weighted by Crippen LogP contribution is -2.58. The van der Waals surface area contributed by atoms with Crippen LogP contribution in [0.2, 0.25) is 0 Å². The van der Waals surface area contributed by atoms with Crippen LogP contribution in [0.25, 0.3) is 0 Å². The van der Waals surface area contributed by atoms with E-state index in [2.05, 4.69) is 20.8 Å². The maximum Gasteiger partial charge on any atom is 0.303 e. The van der Waals surface area contributed by atoms with E-state index < -0.39 is 5.97 Å². The van der Waals surface area contributed by atoms with E-state index in [0.717, 1.165) is 32.1 Å². The molecule has 4 aliphatic carbocycles. The molecule has 2 N–H and O–H groups in total. The Bertz CT molecular complexity index is 645. The van der Waals surface area contributed by atoms with Gasteiger partial charge < -0.3 is 10.2 Å². The number of aliphatic hydroxyl groups excluding tert-OH is 1. The molecule has 4 rings (SSSR count). The summed E-state index contributed by atoms with van der Waals surface area (Å²) in [5.41, 5.74) is 0.138. The van der Waals surface area contributed by atoms with Gasteiger partial charge in [-0.05, 0) is 91.3 Å². The van der Waals surface area contributed by atoms with E-state index in [1.165, 1.54) is 19.3 Å². The van der Waals surface area contributed by atoms with Crippen molar-refractivity contribution in [3.8, 4) is 0 Å². The van der Waals surface area contributed by atoms with Crippen LogP contribution >= 0.6 is 0 Å². The molecular formula is C24H38O4. The fourth-order valence-electron chi connectivity index (χ4n) is 8.52. The van der Waals surface area contributed by atoms with Gasteiger partial charge in [-0.3, -0.25) is 9.59 Å². The van der Waals surface area contributed by atoms with Gasteiger partial charge in [-0.1, -0.05) is 20.8 Å². The zero-order valence-electron chi connectivity index (χ0n) is 17.8. The van der Waals surface area contributed by atoms with Crippen LogP contribution < -0.4 is 0 Å². The van der Waals surface area contributed by atoms with Gasteiger partial charge in [-0.25, -0.2) is 0 Å². The number of hydrogen-bond donors (Lipinski definition) is 2. The van der Waals surface area contributed by atoms with Crippen LogP contribution in [-0.4, -0.2) is 28.1 Å². The molecule has 9 atom stereocenters. The van der Waals surface area contributed by atoms with Gasteiger partial charge in [-0.2, -0.15) is 0 Å². The van der Waals surface area contributed by atoms with Crippen LogP contribution in [0.5, 0.6) is 0 Å². The summed E-state index contributed by atoms with van der Waals surface area (Å²) >= 11 is 0. The molecule has 4 aliphatic rings. The number of aliphatic carboxylic acids is 1. The Morgan fingerprint density at radius 2 is 1.93 bits per heavy atom. The molecule has 0 aromatic carbocycles. The number of carboxylic acid groups (broad SMARTS) is 1. The molecule has 0 spiro atoms. The second-order valence-corrected chi connectivity index (χ2v) is 11.1. The van der Waals surface area contributed by atoms with Crippen molar-refractivity contribution in [1.82, 2.24) is 0 Å². The second-order valence-electron chi connectivity index (χ2n) is 11.1. The fourth-order valence-corrected chi connectivity index (χ4v) is 8.52. The minimum absolute atomic E-state index is 0.0766. The lowest BCUT2D eigenvalue weighted by molar-refractivity contribution is -0.171. The van der Waals surface area contributed by atoms with Gasteiger partial charge in [-0.15, -0.1) is 0 Å². The summed E-state index contributed by atoms with van der Waals surface area (Å²) in [6.45, 7) is 6.93. The van der Waals surface area contributed by atoms with Crippen molar-refractivity contribution in [1.29, 1.82) is 0 Å². The lowest BCUT2D eigenvalue weighted by Gasteiger charge is -2.62. The summed E-state index contributed by atoms with van der Waals surface area (Å²) in [4.78, 5) is 23.1. The fraction of sp³-hybridized carbons (Fsp3) is 0.917. The number of aliphatic hydroxyl groups is 1. The molecule has 0 bridgehead atoms. The van der Waals surface area contributed by atoms with Crippen LogP contribution in [0.1, 0.15) is 85.0 Å². The highest BCUT2D eigenvalue weighted by atomic mass is 16.4. The first-order valence-corrected chi connectivity index (χ1v) is 11.6. The average molecular weight is 391 g/mol. The maximum absolute atomic E-state index is 12.1. The number of carbonyl (C=O) groups excluding carboxylic acids is 1. The molecule has 0 aromatic rings. The SMILES string of the molecule is C[C@H](CCC(=O)O)[C@@H]1CC[C@@H]2[C@H]3CC[C@H]4CC(=O)CC[C@]4(C)[C@@H]3C[C@@H](O)[C@]21C. The zero-order chi connectivity index (χ0) is 20.3. The number of hydrogen-bond acceptors (Lipinski definition) is 3. The van der Waals surface area contributed by atoms with E-state index in [4.69, 9.17) is 5.11 Å². The van der Waals surface area contributed by atoms with Crippen molar-refractivity contribution in [2.75, 3.05) is 0 Å². The summed E-state index contributed by atoms with van der Waals surface area (Å²) in [6.07, 6.45) is 8.69. The van der Waals surface area contributed by atoms with Gasteiger partial charge >= 0.3 is 5.97 Å². The lowest BCUT2D eigenvalue weighted by atomic mass is 9.44. The molecule has 0 saturated heterocycles. The molecule has 28 heavy (non-hydrogen) atoms. The molecule has 4 saturated carbocycles. The van der Waals surface area contributed by atoms with E-state index in [0.29, 0.717) is 47.7 Å². The van der Waals surface area contributed by atoms with Gasteiger partial charge in [0.25, 0.3) is 0 Å². The predicted molar refractivity (Wildman–Crippen MR) is 108 cm³/mol. The van der Waals surface area contributed by atoms with E-state index in [9.17, 15) is 14.7 Å². The van der Waals surface area contributed by atoms with Gasteiger partial charge in [0.15, 0.2) is 0 Å². The van der Waals surface area contributed by atoms with Crippen molar-refractivity contribution >= 4 is 11.8 Å². The number of carbonyl (C=O) groups is 2. The van der Waals surface area contributed by atoms with Gasteiger partial charge in [0.1, 0.15) is 5.78 Å². The normalized spacial score (nSPS) is 49.1. The van der Waals surface area contributed by atoms with Crippen LogP contribution in [-0.2, 0) is 9.59 Å². The summed E-state index contributed by atoms with van der Waals surface area (Å²) in [5.74, 6) is 2.76. The highest BCUT2D eigenvalue weighted by Gasteiger charge is 2.63. The smallest absolute Gasteiger partial charge is 0.303 e. The molecule has 0 aliphatic heterocycles. The van der Waals surface area contributed by atoms with Crippen molar-refractivity contribution in [3.05, 3.63) is 0 Å². The Morgan fingerprint density at radius 1 is 1.18 bits per heavy atom. The number of carboxylic acids is 1. The summed E-state index contributed by atoms with van der Waals surface area (Å²) < 4.78 is 0. The summed E-state index contributed by atoms with van der Waals surface area (Å²) in [5, 5.41) is 20.5. The van der Waals surface area contributed by atoms with E-state index >= 15 is 0 Å². The van der Waals surface area contributed by atoms with Crippen molar-refractivity contribution in [2.24, 2.45) is 46.3 Å². The monoisotopic (exact) mass is 390 g/mol. The third kappa shape index (κ3) is 2.97. The number of ketones is 1. The number of rotatable bonds is 4. The Morgan fingerprint density at radius 3 is 2.64 bits per heavy atom. The predicted octanol–water partition coefficient (Wildman–Crippen LogP) is 4.69. The van der Waals surface area contributed by atoms with Crippen LogP contribution in [0.3, 0.4) is 0 Å². The minimum Gasteiger partial charge on any atom is -0.481 e. The van der Waals surface area contributed by atoms with Crippen LogP contribution in [0, 0.1) is 46.3 Å². The molecular weight excluding hydrogens is 352 g/mol. The van der Waals surface area contributed by atoms with E-state index in [1.54, 1.807) is 0 Å². The standard InChI is InChI=1S/C24H38O4/c1-14(4-9-22(27)28)18-7-8-19-17-6-5-15-12-16(25)10-11-23(15,2)20(17)13-21(26)24(18,19)3/h14-15,17-21,26H,4-13H2,1-3H3,(H,27,28)/t14-,15+,17-,18+,19-,20-,21-,23+,24+/m1/s1. The molecule has 4 heteroatoms. The second kappa shape index (κ2) is 7.11. The quantitative estimate of drug-likeness (QED) is 0.730. The molecule has 4 nitrogen and oxygen atoms in total. The first kappa shape index (κ1) is 20.4. The van der Waals surface area contributed by atoms with Crippen molar-refractivity contribution in [3.63, 3.8) is 0 Å². The van der Waals surface area contributed by atoms with Crippen molar-refractivity contribution in [2.45, 2.75) is 91.1 Å². The molecule has 0 heterocycles. The Kier molecular flexibility index (Phi) is 5.17. The van der Waals surface area contributed by atoms with Gasteiger partial charge in [0.2, 0.25) is 0 Å². The topological polar surface area (TPSA) is 74.6 Å². The third-order valence-electron chi connectivity index (χ3n) is 10.2. The molecule has 0 aromatic heterocycles. The zero-order valence-corrected chi connectivity index (χ0v) is 17.8. The van der Waals surface area contributed by atoms with Gasteiger partial charge in [0, 0.05) is 19.3 Å². The molecule has 0 amide bonds. The minimum atomic E-state index is -0.714. The van der Waals surface area contributed by atoms with Gasteiger partial charge in [0.05, 0.1) is 6.10 Å². The highest BCUT2D eigenvalue weighted by Crippen LogP contribution is 2.68. The average Bonchev–Trinajstić information content (AvgIpc) is 3.00. The van der Waals surface area contributed by atoms with E-state index in [-0.39, 0.29) is 23.4 Å². The summed E-state index contributed by atoms with van der Waals surface area (Å²) in [6, 6.07) is 0. The molecule has 0 radical (unpaired) electrons. The summed E-state index contributed by atoms with van der Waals surface area (Å²) in [7, 11) is 0. The third-order valence-corrected chi connectivity index (χ3v) is 10.2. The number of Topliss-reactive ketones (excluding diaryl/α,β-unsaturated/α-hetero) is 1. The Hall–Kier alpha value is -0.900. The van der Waals surface area contributed by atoms with E-state index in [1.807, 2.05) is 0 Å². The highest BCUT2D eigenvalue weighted by molar-refractivity contribution is 5.79. The molecule has 4 fully saturated rings. The maximum atomic E-state index is 12.1. The number of fused-ring (bicyclic) bond motifs is 5. The Labute approximate surface area is 169 Å². The van der Waals surface area contributed by atoms with Crippen LogP contribution in [0.4, 0.5) is 0 Å². The first-order chi connectivity index (χ1) is 13.2. The Balaban J connectivity index is 1.57. The molecule has 0 unspecified atom stereocenters. The van der Waals surface area contributed by atoms with Crippen LogP contribution in [0.15, 0.2) is 0 Å². The van der Waals surface area contributed by atoms with Crippen molar-refractivity contribution < 1.29 is 19.8 Å². The molecule has 158 valence electrons. The first-order valence-electron chi connectivity index (χ1n) is 11.6.